The van der Waals surface area contributed by atoms with Crippen molar-refractivity contribution in [3.63, 3.8) is 0 Å². The molecule has 2 N–H and O–H groups in total. The lowest BCUT2D eigenvalue weighted by atomic mass is 9.99. The molecule has 0 fully saturated rings. The Morgan fingerprint density at radius 2 is 1.96 bits per heavy atom. The normalized spacial score (nSPS) is 24.0. The Bertz CT molecular complexity index is 611. The third-order valence-corrected chi connectivity index (χ3v) is 3.80. The molecule has 2 atom stereocenters. The summed E-state index contributed by atoms with van der Waals surface area (Å²) in [5.41, 5.74) is 0.786. The van der Waals surface area contributed by atoms with Gasteiger partial charge in [-0.1, -0.05) is 42.5 Å². The fourth-order valence-electron chi connectivity index (χ4n) is 2.52. The van der Waals surface area contributed by atoms with Crippen LogP contribution >= 0.6 is 0 Å². The third kappa shape index (κ3) is 5.53. The number of allylic oxidation sites excluding steroid dienone is 2. The second-order valence-corrected chi connectivity index (χ2v) is 5.67. The number of amides is 1. The van der Waals surface area contributed by atoms with Crippen LogP contribution in [0.2, 0.25) is 0 Å². The number of ether oxygens (including phenoxy) is 1. The predicted octanol–water partition coefficient (Wildman–Crippen LogP) is 2.22. The molecule has 0 aliphatic carbocycles. The SMILES string of the molecule is O=C(O)CC1C/C=C/CCC(=O)OC(c2ccccc2)CNC1=O. The Balaban J connectivity index is 2.15. The molecule has 1 aliphatic heterocycles. The lowest BCUT2D eigenvalue weighted by Gasteiger charge is -2.21. The highest BCUT2D eigenvalue weighted by Gasteiger charge is 2.23. The van der Waals surface area contributed by atoms with Crippen LogP contribution < -0.4 is 5.32 Å². The molecular weight excluding hydrogens is 310 g/mol. The topological polar surface area (TPSA) is 92.7 Å². The van der Waals surface area contributed by atoms with Crippen LogP contribution in [0.1, 0.15) is 37.4 Å². The minimum absolute atomic E-state index is 0.119. The van der Waals surface area contributed by atoms with E-state index in [4.69, 9.17) is 9.84 Å². The summed E-state index contributed by atoms with van der Waals surface area (Å²) in [4.78, 5) is 35.1. The van der Waals surface area contributed by atoms with Crippen molar-refractivity contribution < 1.29 is 24.2 Å². The first kappa shape index (κ1) is 17.7. The number of hydrogen-bond acceptors (Lipinski definition) is 4. The summed E-state index contributed by atoms with van der Waals surface area (Å²) < 4.78 is 5.47. The first-order chi connectivity index (χ1) is 11.6. The van der Waals surface area contributed by atoms with Crippen LogP contribution in [0.4, 0.5) is 0 Å². The van der Waals surface area contributed by atoms with Crippen LogP contribution in [0.15, 0.2) is 42.5 Å². The quantitative estimate of drug-likeness (QED) is 0.654. The number of rotatable bonds is 3. The van der Waals surface area contributed by atoms with E-state index in [0.29, 0.717) is 12.8 Å². The van der Waals surface area contributed by atoms with Crippen LogP contribution in [0.3, 0.4) is 0 Å². The zero-order chi connectivity index (χ0) is 17.4. The van der Waals surface area contributed by atoms with Crippen molar-refractivity contribution in [2.75, 3.05) is 6.54 Å². The minimum atomic E-state index is -1.01. The Morgan fingerprint density at radius 3 is 2.67 bits per heavy atom. The average molecular weight is 331 g/mol. The molecule has 0 radical (unpaired) electrons. The Labute approximate surface area is 140 Å². The Kier molecular flexibility index (Phi) is 6.54. The van der Waals surface area contributed by atoms with E-state index in [1.54, 1.807) is 12.2 Å². The number of carbonyl (C=O) groups is 3. The summed E-state index contributed by atoms with van der Waals surface area (Å²) in [7, 11) is 0. The maximum Gasteiger partial charge on any atom is 0.306 e. The molecule has 2 unspecified atom stereocenters. The largest absolute Gasteiger partial charge is 0.481 e. The summed E-state index contributed by atoms with van der Waals surface area (Å²) in [6, 6.07) is 9.16. The number of carbonyl (C=O) groups excluding carboxylic acids is 2. The summed E-state index contributed by atoms with van der Waals surface area (Å²) in [6.45, 7) is 0.119. The van der Waals surface area contributed by atoms with Crippen molar-refractivity contribution in [3.8, 4) is 0 Å². The first-order valence-electron chi connectivity index (χ1n) is 7.95. The van der Waals surface area contributed by atoms with Gasteiger partial charge in [0.2, 0.25) is 5.91 Å². The molecule has 2 rings (SSSR count). The van der Waals surface area contributed by atoms with Gasteiger partial charge in [0.15, 0.2) is 0 Å². The second kappa shape index (κ2) is 8.86. The summed E-state index contributed by atoms with van der Waals surface area (Å²) in [5, 5.41) is 11.7. The number of esters is 1. The minimum Gasteiger partial charge on any atom is -0.481 e. The van der Waals surface area contributed by atoms with Gasteiger partial charge in [0, 0.05) is 6.42 Å². The van der Waals surface area contributed by atoms with Crippen molar-refractivity contribution >= 4 is 17.8 Å². The lowest BCUT2D eigenvalue weighted by molar-refractivity contribution is -0.150. The van der Waals surface area contributed by atoms with Crippen LogP contribution in [0, 0.1) is 5.92 Å². The van der Waals surface area contributed by atoms with E-state index in [0.717, 1.165) is 5.56 Å². The van der Waals surface area contributed by atoms with E-state index in [2.05, 4.69) is 5.32 Å². The van der Waals surface area contributed by atoms with Gasteiger partial charge in [0.25, 0.3) is 0 Å². The number of aliphatic carboxylic acids is 1. The number of carboxylic acid groups (broad SMARTS) is 1. The van der Waals surface area contributed by atoms with Gasteiger partial charge in [-0.05, 0) is 18.4 Å². The van der Waals surface area contributed by atoms with E-state index in [-0.39, 0.29) is 31.3 Å². The fraction of sp³-hybridized carbons (Fsp3) is 0.389. The highest BCUT2D eigenvalue weighted by Crippen LogP contribution is 2.19. The zero-order valence-electron chi connectivity index (χ0n) is 13.3. The molecule has 0 bridgehead atoms. The van der Waals surface area contributed by atoms with Crippen LogP contribution in [-0.2, 0) is 19.1 Å². The van der Waals surface area contributed by atoms with Gasteiger partial charge in [-0.2, -0.15) is 0 Å². The van der Waals surface area contributed by atoms with Crippen molar-refractivity contribution in [1.82, 2.24) is 5.32 Å². The number of cyclic esters (lactones) is 1. The van der Waals surface area contributed by atoms with Crippen LogP contribution in [-0.4, -0.2) is 29.5 Å². The highest BCUT2D eigenvalue weighted by atomic mass is 16.5. The fourth-order valence-corrected chi connectivity index (χ4v) is 2.52. The molecule has 1 aromatic carbocycles. The molecule has 0 aromatic heterocycles. The second-order valence-electron chi connectivity index (χ2n) is 5.67. The molecular formula is C18H21NO5. The highest BCUT2D eigenvalue weighted by molar-refractivity contribution is 5.83. The maximum absolute atomic E-state index is 12.3. The standard InChI is InChI=1S/C18H21NO5/c20-16(21)11-14-9-5-2-6-10-17(22)24-15(12-19-18(14)23)13-7-3-1-4-8-13/h1-5,7-8,14-15H,6,9-12H2,(H,19,23)(H,20,21)/b5-2+. The van der Waals surface area contributed by atoms with E-state index in [9.17, 15) is 14.4 Å². The van der Waals surface area contributed by atoms with Gasteiger partial charge >= 0.3 is 11.9 Å². The summed E-state index contributed by atoms with van der Waals surface area (Å²) in [5.74, 6) is -2.32. The Morgan fingerprint density at radius 1 is 1.21 bits per heavy atom. The van der Waals surface area contributed by atoms with E-state index in [1.165, 1.54) is 0 Å². The molecule has 24 heavy (non-hydrogen) atoms. The van der Waals surface area contributed by atoms with Crippen molar-refractivity contribution in [2.24, 2.45) is 5.92 Å². The van der Waals surface area contributed by atoms with Crippen LogP contribution in [0.25, 0.3) is 0 Å². The molecule has 0 saturated carbocycles. The van der Waals surface area contributed by atoms with Gasteiger partial charge in [-0.3, -0.25) is 14.4 Å². The number of nitrogens with one attached hydrogen (secondary N) is 1. The molecule has 1 aromatic rings. The van der Waals surface area contributed by atoms with Gasteiger partial charge < -0.3 is 15.2 Å². The van der Waals surface area contributed by atoms with Crippen molar-refractivity contribution in [2.45, 2.75) is 31.8 Å². The molecule has 128 valence electrons. The van der Waals surface area contributed by atoms with Gasteiger partial charge in [0.05, 0.1) is 18.9 Å². The molecule has 1 heterocycles. The Hall–Kier alpha value is -2.63. The molecule has 6 heteroatoms. The van der Waals surface area contributed by atoms with Gasteiger partial charge in [0.1, 0.15) is 6.10 Å². The summed E-state index contributed by atoms with van der Waals surface area (Å²) >= 11 is 0. The first-order valence-corrected chi connectivity index (χ1v) is 7.95. The zero-order valence-corrected chi connectivity index (χ0v) is 13.3. The molecule has 1 aliphatic rings. The maximum atomic E-state index is 12.3. The van der Waals surface area contributed by atoms with E-state index < -0.39 is 18.0 Å². The van der Waals surface area contributed by atoms with E-state index >= 15 is 0 Å². The third-order valence-electron chi connectivity index (χ3n) is 3.80. The van der Waals surface area contributed by atoms with Crippen LogP contribution in [0.5, 0.6) is 0 Å². The van der Waals surface area contributed by atoms with Gasteiger partial charge in [-0.15, -0.1) is 0 Å². The number of carboxylic acids is 1. The molecule has 0 spiro atoms. The molecule has 0 saturated heterocycles. The number of hydrogen-bond donors (Lipinski definition) is 2. The number of benzene rings is 1. The monoisotopic (exact) mass is 331 g/mol. The predicted molar refractivity (Wildman–Crippen MR) is 87.0 cm³/mol. The van der Waals surface area contributed by atoms with E-state index in [1.807, 2.05) is 30.3 Å². The van der Waals surface area contributed by atoms with Gasteiger partial charge in [-0.25, -0.2) is 0 Å². The molecule has 6 nitrogen and oxygen atoms in total. The lowest BCUT2D eigenvalue weighted by Crippen LogP contribution is -2.36. The summed E-state index contributed by atoms with van der Waals surface area (Å²) in [6.07, 6.45) is 3.80. The molecule has 1 amide bonds. The smallest absolute Gasteiger partial charge is 0.306 e. The van der Waals surface area contributed by atoms with Crippen molar-refractivity contribution in [1.29, 1.82) is 0 Å². The average Bonchev–Trinajstić information content (AvgIpc) is 2.56. The van der Waals surface area contributed by atoms with Crippen molar-refractivity contribution in [3.05, 3.63) is 48.0 Å².